The summed E-state index contributed by atoms with van der Waals surface area (Å²) in [4.78, 5) is 20.2. The second-order valence-corrected chi connectivity index (χ2v) is 11.3. The minimum absolute atomic E-state index is 0.0279. The van der Waals surface area contributed by atoms with Crippen molar-refractivity contribution in [3.63, 3.8) is 0 Å². The lowest BCUT2D eigenvalue weighted by Crippen LogP contribution is -2.22. The summed E-state index contributed by atoms with van der Waals surface area (Å²) in [5.74, 6) is 0. The second kappa shape index (κ2) is 7.66. The van der Waals surface area contributed by atoms with Gasteiger partial charge in [0.1, 0.15) is 11.1 Å². The Bertz CT molecular complexity index is 1790. The van der Waals surface area contributed by atoms with Crippen LogP contribution in [0.25, 0.3) is 27.1 Å². The van der Waals surface area contributed by atoms with Crippen LogP contribution in [0.3, 0.4) is 0 Å². The maximum atomic E-state index is 13.4. The molecule has 0 aliphatic heterocycles. The van der Waals surface area contributed by atoms with E-state index >= 15 is 0 Å². The number of thiophene rings is 1. The Hall–Kier alpha value is -3.21. The summed E-state index contributed by atoms with van der Waals surface area (Å²) in [6, 6.07) is 8.70. The number of nitriles is 1. The third-order valence-corrected chi connectivity index (χ3v) is 9.32. The fraction of sp³-hybridized carbons (Fsp3) is 0.296. The van der Waals surface area contributed by atoms with Gasteiger partial charge in [0.15, 0.2) is 4.96 Å². The molecule has 5 aromatic rings. The molecule has 1 aromatic carbocycles. The average Bonchev–Trinajstić information content (AvgIpc) is 3.50. The zero-order valence-electron chi connectivity index (χ0n) is 19.7. The number of fused-ring (bicyclic) bond motifs is 4. The lowest BCUT2D eigenvalue weighted by atomic mass is 9.96. The first kappa shape index (κ1) is 21.3. The molecule has 7 heteroatoms. The van der Waals surface area contributed by atoms with E-state index in [0.717, 1.165) is 68.3 Å². The SMILES string of the molecule is Cc1cc2nc3s/c(=C\c4cc(C)n(-c5sc6c(c5C#N)CCCC6)c4C)c(=O)n3c2cc1C. The Morgan fingerprint density at radius 1 is 1.06 bits per heavy atom. The van der Waals surface area contributed by atoms with E-state index in [-0.39, 0.29) is 5.56 Å². The standard InChI is InChI=1S/C27H24N4OS2/c1-14-9-21-22(10-15(14)2)31-25(32)24(34-27(31)29-21)12-18-11-16(3)30(17(18)4)26-20(13-28)19-7-5-6-8-23(19)33-26/h9-12H,5-8H2,1-4H3/b24-12-. The maximum absolute atomic E-state index is 13.4. The van der Waals surface area contributed by atoms with Crippen LogP contribution in [0.4, 0.5) is 0 Å². The average molecular weight is 485 g/mol. The lowest BCUT2D eigenvalue weighted by Gasteiger charge is -2.10. The lowest BCUT2D eigenvalue weighted by molar-refractivity contribution is 0.695. The molecule has 0 N–H and O–H groups in total. The van der Waals surface area contributed by atoms with Crippen molar-refractivity contribution < 1.29 is 0 Å². The summed E-state index contributed by atoms with van der Waals surface area (Å²) in [6.07, 6.45) is 6.39. The van der Waals surface area contributed by atoms with E-state index in [1.54, 1.807) is 15.7 Å². The molecule has 0 atom stereocenters. The van der Waals surface area contributed by atoms with Crippen molar-refractivity contribution in [3.05, 3.63) is 77.2 Å². The molecule has 170 valence electrons. The second-order valence-electron chi connectivity index (χ2n) is 9.24. The Labute approximate surface area is 205 Å². The molecule has 4 aromatic heterocycles. The van der Waals surface area contributed by atoms with Crippen LogP contribution in [0.1, 0.15) is 56.9 Å². The molecule has 0 bridgehead atoms. The van der Waals surface area contributed by atoms with Crippen LogP contribution in [0.5, 0.6) is 0 Å². The van der Waals surface area contributed by atoms with Crippen LogP contribution in [0.15, 0.2) is 23.0 Å². The van der Waals surface area contributed by atoms with Crippen molar-refractivity contribution in [3.8, 4) is 11.1 Å². The molecular weight excluding hydrogens is 460 g/mol. The van der Waals surface area contributed by atoms with Crippen LogP contribution < -0.4 is 10.1 Å². The third kappa shape index (κ3) is 3.02. The summed E-state index contributed by atoms with van der Waals surface area (Å²) in [6.45, 7) is 8.27. The minimum Gasteiger partial charge on any atom is -0.308 e. The number of benzene rings is 1. The molecule has 34 heavy (non-hydrogen) atoms. The fourth-order valence-electron chi connectivity index (χ4n) is 5.13. The van der Waals surface area contributed by atoms with Gasteiger partial charge in [0, 0.05) is 16.3 Å². The van der Waals surface area contributed by atoms with Gasteiger partial charge in [-0.15, -0.1) is 11.3 Å². The Kier molecular flexibility index (Phi) is 4.80. The van der Waals surface area contributed by atoms with E-state index in [1.165, 1.54) is 33.8 Å². The molecule has 1 aliphatic carbocycles. The molecule has 0 saturated carbocycles. The summed E-state index contributed by atoms with van der Waals surface area (Å²) in [7, 11) is 0. The largest absolute Gasteiger partial charge is 0.308 e. The topological polar surface area (TPSA) is 63.1 Å². The first-order chi connectivity index (χ1) is 16.4. The molecule has 4 heterocycles. The normalized spacial score (nSPS) is 14.3. The van der Waals surface area contributed by atoms with Gasteiger partial charge in [-0.2, -0.15) is 5.26 Å². The number of nitrogens with zero attached hydrogens (tertiary/aromatic N) is 4. The van der Waals surface area contributed by atoms with Crippen LogP contribution in [-0.4, -0.2) is 14.0 Å². The first-order valence-electron chi connectivity index (χ1n) is 11.5. The fourth-order valence-corrected chi connectivity index (χ4v) is 7.56. The van der Waals surface area contributed by atoms with Crippen molar-refractivity contribution in [1.29, 1.82) is 5.26 Å². The highest BCUT2D eigenvalue weighted by Gasteiger charge is 2.24. The Balaban J connectivity index is 1.52. The van der Waals surface area contributed by atoms with Gasteiger partial charge in [-0.1, -0.05) is 11.3 Å². The predicted octanol–water partition coefficient (Wildman–Crippen LogP) is 5.29. The molecule has 5 nitrogen and oxygen atoms in total. The Morgan fingerprint density at radius 3 is 2.62 bits per heavy atom. The zero-order valence-corrected chi connectivity index (χ0v) is 21.3. The number of aromatic nitrogens is 3. The van der Waals surface area contributed by atoms with Crippen molar-refractivity contribution in [2.24, 2.45) is 0 Å². The third-order valence-electron chi connectivity index (χ3n) is 7.08. The Morgan fingerprint density at radius 2 is 1.82 bits per heavy atom. The maximum Gasteiger partial charge on any atom is 0.274 e. The smallest absolute Gasteiger partial charge is 0.274 e. The molecule has 0 saturated heterocycles. The summed E-state index contributed by atoms with van der Waals surface area (Å²) >= 11 is 3.18. The number of aryl methyl sites for hydroxylation is 4. The monoisotopic (exact) mass is 484 g/mol. The molecule has 0 amide bonds. The van der Waals surface area contributed by atoms with Crippen LogP contribution in [0, 0.1) is 39.0 Å². The zero-order chi connectivity index (χ0) is 23.7. The van der Waals surface area contributed by atoms with Gasteiger partial charge in [0.25, 0.3) is 5.56 Å². The number of hydrogen-bond donors (Lipinski definition) is 0. The predicted molar refractivity (Wildman–Crippen MR) is 140 cm³/mol. The quantitative estimate of drug-likeness (QED) is 0.342. The van der Waals surface area contributed by atoms with Gasteiger partial charge in [0.2, 0.25) is 0 Å². The van der Waals surface area contributed by atoms with Crippen LogP contribution in [-0.2, 0) is 12.8 Å². The van der Waals surface area contributed by atoms with E-state index < -0.39 is 0 Å². The van der Waals surface area contributed by atoms with Crippen LogP contribution in [0.2, 0.25) is 0 Å². The number of hydrogen-bond acceptors (Lipinski definition) is 5. The van der Waals surface area contributed by atoms with Gasteiger partial charge in [-0.3, -0.25) is 4.79 Å². The van der Waals surface area contributed by atoms with Gasteiger partial charge < -0.3 is 4.57 Å². The van der Waals surface area contributed by atoms with Crippen molar-refractivity contribution in [2.45, 2.75) is 53.4 Å². The first-order valence-corrected chi connectivity index (χ1v) is 13.2. The molecule has 1 aliphatic rings. The van der Waals surface area contributed by atoms with Crippen molar-refractivity contribution in [1.82, 2.24) is 14.0 Å². The van der Waals surface area contributed by atoms with E-state index in [2.05, 4.69) is 50.5 Å². The van der Waals surface area contributed by atoms with Crippen molar-refractivity contribution >= 4 is 44.7 Å². The minimum atomic E-state index is -0.0279. The highest BCUT2D eigenvalue weighted by Crippen LogP contribution is 2.38. The summed E-state index contributed by atoms with van der Waals surface area (Å²) in [5.41, 5.74) is 9.23. The van der Waals surface area contributed by atoms with E-state index in [1.807, 2.05) is 12.1 Å². The molecular formula is C27H24N4OS2. The molecule has 0 fully saturated rings. The molecule has 0 radical (unpaired) electrons. The van der Waals surface area contributed by atoms with Gasteiger partial charge in [-0.05, 0) is 99.9 Å². The molecule has 6 rings (SSSR count). The van der Waals surface area contributed by atoms with Crippen molar-refractivity contribution in [2.75, 3.05) is 0 Å². The number of rotatable bonds is 2. The van der Waals surface area contributed by atoms with E-state index in [4.69, 9.17) is 4.98 Å². The number of thiazole rings is 1. The molecule has 0 spiro atoms. The highest BCUT2D eigenvalue weighted by atomic mass is 32.1. The molecule has 0 unspecified atom stereocenters. The van der Waals surface area contributed by atoms with Gasteiger partial charge in [0.05, 0.1) is 21.1 Å². The van der Waals surface area contributed by atoms with Gasteiger partial charge >= 0.3 is 0 Å². The summed E-state index contributed by atoms with van der Waals surface area (Å²) < 4.78 is 4.60. The highest BCUT2D eigenvalue weighted by molar-refractivity contribution is 7.15. The summed E-state index contributed by atoms with van der Waals surface area (Å²) in [5, 5.41) is 11.0. The number of imidazole rings is 1. The van der Waals surface area contributed by atoms with E-state index in [9.17, 15) is 10.1 Å². The van der Waals surface area contributed by atoms with E-state index in [0.29, 0.717) is 4.53 Å². The van der Waals surface area contributed by atoms with Crippen LogP contribution >= 0.6 is 22.7 Å². The van der Waals surface area contributed by atoms with Gasteiger partial charge in [-0.25, -0.2) is 9.38 Å².